The van der Waals surface area contributed by atoms with Crippen LogP contribution in [0.25, 0.3) is 0 Å². The molecule has 1 aliphatic heterocycles. The minimum atomic E-state index is -1.31. The molecule has 1 aliphatic rings. The van der Waals surface area contributed by atoms with Gasteiger partial charge in [-0.1, -0.05) is 0 Å². The Labute approximate surface area is 167 Å². The molecule has 0 amide bonds. The average Bonchev–Trinajstić information content (AvgIpc) is 2.70. The van der Waals surface area contributed by atoms with E-state index in [0.717, 1.165) is 7.11 Å². The van der Waals surface area contributed by atoms with Crippen molar-refractivity contribution < 1.29 is 37.7 Å². The number of rotatable bonds is 6. The van der Waals surface area contributed by atoms with Crippen LogP contribution in [0.5, 0.6) is 5.75 Å². The van der Waals surface area contributed by atoms with Crippen LogP contribution in [-0.2, 0) is 35.2 Å². The molecule has 1 aromatic rings. The monoisotopic (exact) mass is 407 g/mol. The van der Waals surface area contributed by atoms with Crippen LogP contribution in [0.1, 0.15) is 19.4 Å². The average molecular weight is 407 g/mol. The van der Waals surface area contributed by atoms with Gasteiger partial charge in [0.15, 0.2) is 0 Å². The highest BCUT2D eigenvalue weighted by Crippen LogP contribution is 2.34. The summed E-state index contributed by atoms with van der Waals surface area (Å²) in [5.74, 6) is -5.10. The number of ether oxygens (including phenoxy) is 4. The summed E-state index contributed by atoms with van der Waals surface area (Å²) in [5, 5.41) is 0. The first kappa shape index (κ1) is 22.1. The Morgan fingerprint density at radius 2 is 1.72 bits per heavy atom. The third-order valence-corrected chi connectivity index (χ3v) is 4.56. The second kappa shape index (κ2) is 9.31. The quantitative estimate of drug-likeness (QED) is 0.526. The lowest BCUT2D eigenvalue weighted by molar-refractivity contribution is -0.157. The van der Waals surface area contributed by atoms with Gasteiger partial charge in [0.25, 0.3) is 0 Å². The van der Waals surface area contributed by atoms with E-state index in [1.807, 2.05) is 0 Å². The number of methoxy groups -OCH3 is 3. The molecule has 9 heteroatoms. The molecular formula is C20H22FNO7. The van der Waals surface area contributed by atoms with E-state index >= 15 is 0 Å². The van der Waals surface area contributed by atoms with Gasteiger partial charge in [0.2, 0.25) is 0 Å². The standard InChI is InChI=1S/C20H22FNO7/c1-10-15(18(23)27-4)17(16(11(2)22-10)19(24)28-5)20(25)29-9-12-8-13(21)6-7-14(12)26-3/h6-8,15,17H,9H2,1-5H3/t15?,17-/m0/s1. The van der Waals surface area contributed by atoms with Crippen molar-refractivity contribution in [3.8, 4) is 5.75 Å². The number of nitrogens with zero attached hydrogens (tertiary/aromatic N) is 1. The van der Waals surface area contributed by atoms with E-state index in [9.17, 15) is 18.8 Å². The van der Waals surface area contributed by atoms with Crippen molar-refractivity contribution in [1.82, 2.24) is 0 Å². The minimum Gasteiger partial charge on any atom is -0.496 e. The molecule has 0 fully saturated rings. The van der Waals surface area contributed by atoms with Crippen LogP contribution in [0, 0.1) is 17.7 Å². The first-order valence-corrected chi connectivity index (χ1v) is 8.66. The van der Waals surface area contributed by atoms with Gasteiger partial charge >= 0.3 is 17.9 Å². The molecule has 0 saturated carbocycles. The van der Waals surface area contributed by atoms with Gasteiger partial charge in [0, 0.05) is 17.0 Å². The second-order valence-corrected chi connectivity index (χ2v) is 6.29. The topological polar surface area (TPSA) is 100 Å². The van der Waals surface area contributed by atoms with Crippen molar-refractivity contribution in [2.75, 3.05) is 21.3 Å². The highest BCUT2D eigenvalue weighted by atomic mass is 19.1. The van der Waals surface area contributed by atoms with Crippen molar-refractivity contribution in [2.24, 2.45) is 16.8 Å². The maximum absolute atomic E-state index is 13.6. The fourth-order valence-electron chi connectivity index (χ4n) is 3.20. The smallest absolute Gasteiger partial charge is 0.336 e. The summed E-state index contributed by atoms with van der Waals surface area (Å²) in [7, 11) is 3.72. The van der Waals surface area contributed by atoms with Crippen LogP contribution in [0.2, 0.25) is 0 Å². The molecule has 0 radical (unpaired) electrons. The summed E-state index contributed by atoms with van der Waals surface area (Å²) >= 11 is 0. The number of aliphatic imine (C=N–C) groups is 1. The number of carbonyl (C=O) groups excluding carboxylic acids is 3. The third kappa shape index (κ3) is 4.61. The number of hydrogen-bond donors (Lipinski definition) is 0. The van der Waals surface area contributed by atoms with Crippen molar-refractivity contribution in [3.63, 3.8) is 0 Å². The predicted molar refractivity (Wildman–Crippen MR) is 99.6 cm³/mol. The van der Waals surface area contributed by atoms with Crippen LogP contribution >= 0.6 is 0 Å². The van der Waals surface area contributed by atoms with Crippen LogP contribution in [-0.4, -0.2) is 44.9 Å². The number of carbonyl (C=O) groups is 3. The fraction of sp³-hybridized carbons (Fsp3) is 0.400. The fourth-order valence-corrected chi connectivity index (χ4v) is 3.20. The Morgan fingerprint density at radius 1 is 1.03 bits per heavy atom. The number of benzene rings is 1. The zero-order chi connectivity index (χ0) is 21.7. The Balaban J connectivity index is 2.39. The lowest BCUT2D eigenvalue weighted by Crippen LogP contribution is -2.42. The van der Waals surface area contributed by atoms with Crippen LogP contribution in [0.4, 0.5) is 4.39 Å². The molecule has 0 aliphatic carbocycles. The van der Waals surface area contributed by atoms with Crippen LogP contribution in [0.15, 0.2) is 34.5 Å². The van der Waals surface area contributed by atoms with E-state index in [1.54, 1.807) is 6.92 Å². The van der Waals surface area contributed by atoms with Crippen molar-refractivity contribution in [2.45, 2.75) is 20.5 Å². The lowest BCUT2D eigenvalue weighted by Gasteiger charge is -2.29. The third-order valence-electron chi connectivity index (χ3n) is 4.56. The lowest BCUT2D eigenvalue weighted by atomic mass is 9.80. The SMILES string of the molecule is COC(=O)C1=C(C)N=C(C)C(C(=O)OC)[C@@H]1C(=O)OCc1cc(F)ccc1OC. The zero-order valence-electron chi connectivity index (χ0n) is 16.8. The number of esters is 3. The number of halogens is 1. The Kier molecular flexibility index (Phi) is 7.08. The molecule has 1 aromatic carbocycles. The summed E-state index contributed by atoms with van der Waals surface area (Å²) in [4.78, 5) is 41.8. The molecule has 8 nitrogen and oxygen atoms in total. The first-order chi connectivity index (χ1) is 13.7. The van der Waals surface area contributed by atoms with Gasteiger partial charge in [0.1, 0.15) is 30.0 Å². The predicted octanol–water partition coefficient (Wildman–Crippen LogP) is 2.20. The van der Waals surface area contributed by atoms with E-state index in [1.165, 1.54) is 39.3 Å². The van der Waals surface area contributed by atoms with Gasteiger partial charge in [0.05, 0.1) is 26.9 Å². The molecule has 1 unspecified atom stereocenters. The highest BCUT2D eigenvalue weighted by molar-refractivity contribution is 6.10. The van der Waals surface area contributed by atoms with Gasteiger partial charge in [-0.25, -0.2) is 9.18 Å². The molecule has 0 bridgehead atoms. The molecule has 0 saturated heterocycles. The summed E-state index contributed by atoms with van der Waals surface area (Å²) in [6.07, 6.45) is 0. The molecule has 0 aromatic heterocycles. The van der Waals surface area contributed by atoms with E-state index < -0.39 is 35.6 Å². The van der Waals surface area contributed by atoms with Gasteiger partial charge in [-0.3, -0.25) is 14.6 Å². The van der Waals surface area contributed by atoms with Crippen LogP contribution < -0.4 is 4.74 Å². The van der Waals surface area contributed by atoms with Crippen LogP contribution in [0.3, 0.4) is 0 Å². The van der Waals surface area contributed by atoms with Gasteiger partial charge in [-0.2, -0.15) is 0 Å². The van der Waals surface area contributed by atoms with Gasteiger partial charge in [-0.15, -0.1) is 0 Å². The van der Waals surface area contributed by atoms with Gasteiger partial charge < -0.3 is 18.9 Å². The normalized spacial score (nSPS) is 18.6. The molecule has 1 heterocycles. The summed E-state index contributed by atoms with van der Waals surface area (Å²) in [6, 6.07) is 3.77. The maximum atomic E-state index is 13.6. The van der Waals surface area contributed by atoms with Gasteiger partial charge in [-0.05, 0) is 32.0 Å². The van der Waals surface area contributed by atoms with E-state index in [4.69, 9.17) is 18.9 Å². The molecule has 0 N–H and O–H groups in total. The first-order valence-electron chi connectivity index (χ1n) is 8.66. The Bertz CT molecular complexity index is 891. The summed E-state index contributed by atoms with van der Waals surface area (Å²) < 4.78 is 33.5. The number of allylic oxidation sites excluding steroid dienone is 1. The zero-order valence-corrected chi connectivity index (χ0v) is 16.8. The number of hydrogen-bond acceptors (Lipinski definition) is 8. The second-order valence-electron chi connectivity index (χ2n) is 6.29. The largest absolute Gasteiger partial charge is 0.496 e. The molecule has 2 atom stereocenters. The van der Waals surface area contributed by atoms with Crippen molar-refractivity contribution >= 4 is 23.6 Å². The summed E-state index contributed by atoms with van der Waals surface area (Å²) in [5.41, 5.74) is 0.730. The highest BCUT2D eigenvalue weighted by Gasteiger charge is 2.46. The van der Waals surface area contributed by atoms with E-state index in [-0.39, 0.29) is 23.4 Å². The molecule has 2 rings (SSSR count). The van der Waals surface area contributed by atoms with Crippen molar-refractivity contribution in [1.29, 1.82) is 0 Å². The Morgan fingerprint density at radius 3 is 2.31 bits per heavy atom. The van der Waals surface area contributed by atoms with E-state index in [2.05, 4.69) is 4.99 Å². The maximum Gasteiger partial charge on any atom is 0.336 e. The molecule has 29 heavy (non-hydrogen) atoms. The minimum absolute atomic E-state index is 0.0929. The summed E-state index contributed by atoms with van der Waals surface area (Å²) in [6.45, 7) is 2.75. The molecule has 0 spiro atoms. The van der Waals surface area contributed by atoms with Crippen molar-refractivity contribution in [3.05, 3.63) is 40.8 Å². The Hall–Kier alpha value is -3.23. The van der Waals surface area contributed by atoms with E-state index in [0.29, 0.717) is 11.5 Å². The molecular weight excluding hydrogens is 385 g/mol. The molecule has 156 valence electrons.